The van der Waals surface area contributed by atoms with E-state index in [1.54, 1.807) is 6.07 Å². The van der Waals surface area contributed by atoms with E-state index in [0.29, 0.717) is 31.1 Å². The summed E-state index contributed by atoms with van der Waals surface area (Å²) in [6.45, 7) is 3.11. The standard InChI is InChI=1S/C19H25ClFN3O3/c1-2-27-19(26)24-15-4-5-16(24)11-14(10-15)22-7-8-23(12-25)18-6-3-13(20)9-17(18)21/h3,6,9,12,14-16,22H,2,4-5,7-8,10-11H2,1H3. The van der Waals surface area contributed by atoms with Crippen LogP contribution >= 0.6 is 11.6 Å². The number of fused-ring (bicyclic) bond motifs is 2. The Morgan fingerprint density at radius 3 is 2.70 bits per heavy atom. The highest BCUT2D eigenvalue weighted by atomic mass is 35.5. The van der Waals surface area contributed by atoms with E-state index >= 15 is 0 Å². The summed E-state index contributed by atoms with van der Waals surface area (Å²) in [4.78, 5) is 26.7. The van der Waals surface area contributed by atoms with Crippen LogP contribution < -0.4 is 10.2 Å². The van der Waals surface area contributed by atoms with Crippen LogP contribution in [0, 0.1) is 5.82 Å². The molecule has 2 saturated heterocycles. The largest absolute Gasteiger partial charge is 0.450 e. The molecular formula is C19H25ClFN3O3. The van der Waals surface area contributed by atoms with Gasteiger partial charge < -0.3 is 19.9 Å². The molecule has 2 heterocycles. The Kier molecular flexibility index (Phi) is 6.55. The summed E-state index contributed by atoms with van der Waals surface area (Å²) in [5, 5.41) is 3.75. The first kappa shape index (κ1) is 19.9. The van der Waals surface area contributed by atoms with Crippen LogP contribution in [0.5, 0.6) is 0 Å². The molecule has 2 atom stereocenters. The Bertz CT molecular complexity index is 676. The second-order valence-electron chi connectivity index (χ2n) is 7.01. The molecule has 148 valence electrons. The molecule has 0 aromatic heterocycles. The van der Waals surface area contributed by atoms with Gasteiger partial charge in [-0.2, -0.15) is 0 Å². The van der Waals surface area contributed by atoms with Crippen molar-refractivity contribution < 1.29 is 18.7 Å². The van der Waals surface area contributed by atoms with Crippen LogP contribution in [0.25, 0.3) is 0 Å². The van der Waals surface area contributed by atoms with Crippen molar-refractivity contribution in [2.24, 2.45) is 0 Å². The van der Waals surface area contributed by atoms with E-state index in [1.807, 2.05) is 11.8 Å². The molecule has 8 heteroatoms. The maximum atomic E-state index is 14.0. The minimum atomic E-state index is -0.518. The molecule has 1 N–H and O–H groups in total. The van der Waals surface area contributed by atoms with Crippen molar-refractivity contribution in [3.63, 3.8) is 0 Å². The molecule has 3 rings (SSSR count). The number of ether oxygens (including phenoxy) is 1. The van der Waals surface area contributed by atoms with Gasteiger partial charge in [0, 0.05) is 36.2 Å². The highest BCUT2D eigenvalue weighted by molar-refractivity contribution is 6.30. The number of piperidine rings is 1. The predicted octanol–water partition coefficient (Wildman–Crippen LogP) is 3.18. The Labute approximate surface area is 163 Å². The van der Waals surface area contributed by atoms with Crippen molar-refractivity contribution >= 4 is 29.8 Å². The van der Waals surface area contributed by atoms with E-state index in [-0.39, 0.29) is 29.9 Å². The Balaban J connectivity index is 1.51. The number of anilines is 1. The average Bonchev–Trinajstić information content (AvgIpc) is 2.90. The number of hydrogen-bond donors (Lipinski definition) is 1. The van der Waals surface area contributed by atoms with Crippen molar-refractivity contribution in [1.82, 2.24) is 10.2 Å². The quantitative estimate of drug-likeness (QED) is 0.718. The Hall–Kier alpha value is -1.86. The van der Waals surface area contributed by atoms with Crippen molar-refractivity contribution in [2.45, 2.75) is 50.7 Å². The number of benzene rings is 1. The lowest BCUT2D eigenvalue weighted by Crippen LogP contribution is -2.52. The van der Waals surface area contributed by atoms with E-state index in [0.717, 1.165) is 25.7 Å². The minimum Gasteiger partial charge on any atom is -0.450 e. The third-order valence-electron chi connectivity index (χ3n) is 5.34. The molecule has 2 aliphatic rings. The average molecular weight is 398 g/mol. The molecule has 27 heavy (non-hydrogen) atoms. The van der Waals surface area contributed by atoms with Gasteiger partial charge in [-0.3, -0.25) is 4.79 Å². The molecule has 2 unspecified atom stereocenters. The fourth-order valence-corrected chi connectivity index (χ4v) is 4.33. The zero-order chi connectivity index (χ0) is 19.4. The fourth-order valence-electron chi connectivity index (χ4n) is 4.17. The summed E-state index contributed by atoms with van der Waals surface area (Å²) in [6.07, 6.45) is 4.14. The Morgan fingerprint density at radius 2 is 2.11 bits per heavy atom. The number of rotatable bonds is 7. The number of carbonyl (C=O) groups excluding carboxylic acids is 2. The van der Waals surface area contributed by atoms with Gasteiger partial charge in [-0.05, 0) is 50.8 Å². The second kappa shape index (κ2) is 8.89. The summed E-state index contributed by atoms with van der Waals surface area (Å²) in [7, 11) is 0. The van der Waals surface area contributed by atoms with E-state index < -0.39 is 5.82 Å². The molecule has 1 aromatic carbocycles. The van der Waals surface area contributed by atoms with Crippen molar-refractivity contribution in [3.05, 3.63) is 29.0 Å². The van der Waals surface area contributed by atoms with Crippen molar-refractivity contribution in [2.75, 3.05) is 24.6 Å². The van der Waals surface area contributed by atoms with E-state index in [2.05, 4.69) is 5.32 Å². The van der Waals surface area contributed by atoms with E-state index in [9.17, 15) is 14.0 Å². The van der Waals surface area contributed by atoms with Crippen LogP contribution in [0.2, 0.25) is 5.02 Å². The third kappa shape index (κ3) is 4.52. The molecule has 0 spiro atoms. The highest BCUT2D eigenvalue weighted by Gasteiger charge is 2.43. The maximum absolute atomic E-state index is 14.0. The van der Waals surface area contributed by atoms with Gasteiger partial charge in [0.25, 0.3) is 0 Å². The smallest absolute Gasteiger partial charge is 0.410 e. The monoisotopic (exact) mass is 397 g/mol. The lowest BCUT2D eigenvalue weighted by Gasteiger charge is -2.38. The SMILES string of the molecule is CCOC(=O)N1C2CCC1CC(NCCN(C=O)c1ccc(Cl)cc1F)C2. The molecule has 6 nitrogen and oxygen atoms in total. The molecule has 2 amide bonds. The van der Waals surface area contributed by atoms with Crippen molar-refractivity contribution in [3.8, 4) is 0 Å². The van der Waals surface area contributed by atoms with Gasteiger partial charge in [0.2, 0.25) is 6.41 Å². The number of halogens is 2. The predicted molar refractivity (Wildman–Crippen MR) is 102 cm³/mol. The summed E-state index contributed by atoms with van der Waals surface area (Å²) < 4.78 is 19.2. The number of carbonyl (C=O) groups is 2. The molecule has 0 radical (unpaired) electrons. The highest BCUT2D eigenvalue weighted by Crippen LogP contribution is 2.36. The first-order chi connectivity index (χ1) is 13.0. The molecule has 2 bridgehead atoms. The van der Waals surface area contributed by atoms with E-state index in [1.165, 1.54) is 17.0 Å². The molecule has 0 saturated carbocycles. The molecule has 2 aliphatic heterocycles. The van der Waals surface area contributed by atoms with Gasteiger partial charge in [-0.25, -0.2) is 9.18 Å². The van der Waals surface area contributed by atoms with Gasteiger partial charge in [-0.15, -0.1) is 0 Å². The van der Waals surface area contributed by atoms with Crippen LogP contribution in [0.3, 0.4) is 0 Å². The number of hydrogen-bond acceptors (Lipinski definition) is 4. The second-order valence-corrected chi connectivity index (χ2v) is 7.44. The van der Waals surface area contributed by atoms with Crippen LogP contribution in [0.15, 0.2) is 18.2 Å². The number of nitrogens with zero attached hydrogens (tertiary/aromatic N) is 2. The lowest BCUT2D eigenvalue weighted by molar-refractivity contribution is -0.107. The fraction of sp³-hybridized carbons (Fsp3) is 0.579. The van der Waals surface area contributed by atoms with Crippen LogP contribution in [0.4, 0.5) is 14.9 Å². The van der Waals surface area contributed by atoms with Crippen LogP contribution in [0.1, 0.15) is 32.6 Å². The van der Waals surface area contributed by atoms with Gasteiger partial charge in [-0.1, -0.05) is 11.6 Å². The van der Waals surface area contributed by atoms with Gasteiger partial charge in [0.1, 0.15) is 5.82 Å². The number of amides is 2. The van der Waals surface area contributed by atoms with Gasteiger partial charge >= 0.3 is 6.09 Å². The van der Waals surface area contributed by atoms with Gasteiger partial charge in [0.05, 0.1) is 12.3 Å². The van der Waals surface area contributed by atoms with Crippen LogP contribution in [-0.4, -0.2) is 55.2 Å². The van der Waals surface area contributed by atoms with Gasteiger partial charge in [0.15, 0.2) is 0 Å². The normalized spacial score (nSPS) is 24.0. The molecule has 1 aromatic rings. The number of nitrogens with one attached hydrogen (secondary N) is 1. The summed E-state index contributed by atoms with van der Waals surface area (Å²) in [6, 6.07) is 4.95. The molecule has 2 fully saturated rings. The first-order valence-electron chi connectivity index (χ1n) is 9.39. The topological polar surface area (TPSA) is 61.9 Å². The molecule has 0 aliphatic carbocycles. The zero-order valence-electron chi connectivity index (χ0n) is 15.4. The zero-order valence-corrected chi connectivity index (χ0v) is 16.1. The summed E-state index contributed by atoms with van der Waals surface area (Å²) in [5.74, 6) is -0.518. The molecular weight excluding hydrogens is 373 g/mol. The maximum Gasteiger partial charge on any atom is 0.410 e. The summed E-state index contributed by atoms with van der Waals surface area (Å²) >= 11 is 5.76. The van der Waals surface area contributed by atoms with Crippen molar-refractivity contribution in [1.29, 1.82) is 0 Å². The summed E-state index contributed by atoms with van der Waals surface area (Å²) in [5.41, 5.74) is 0.216. The third-order valence-corrected chi connectivity index (χ3v) is 5.58. The Morgan fingerprint density at radius 1 is 1.41 bits per heavy atom. The first-order valence-corrected chi connectivity index (χ1v) is 9.76. The van der Waals surface area contributed by atoms with Crippen LogP contribution in [-0.2, 0) is 9.53 Å². The van der Waals surface area contributed by atoms with E-state index in [4.69, 9.17) is 16.3 Å². The lowest BCUT2D eigenvalue weighted by atomic mass is 9.98. The minimum absolute atomic E-state index is 0.205.